The van der Waals surface area contributed by atoms with E-state index < -0.39 is 0 Å². The number of benzene rings is 1. The molecule has 2 rings (SSSR count). The summed E-state index contributed by atoms with van der Waals surface area (Å²) in [5, 5.41) is 3.90. The molecule has 1 fully saturated rings. The molecule has 1 aromatic carbocycles. The van der Waals surface area contributed by atoms with Crippen LogP contribution in [0.5, 0.6) is 11.5 Å². The molecule has 1 aliphatic rings. The first-order chi connectivity index (χ1) is 10.2. The molecule has 0 radical (unpaired) electrons. The molecule has 0 amide bonds. The number of ether oxygens (including phenoxy) is 2. The number of hydrogen-bond acceptors (Lipinski definition) is 4. The van der Waals surface area contributed by atoms with E-state index in [9.17, 15) is 0 Å². The van der Waals surface area contributed by atoms with Gasteiger partial charge < -0.3 is 14.8 Å². The van der Waals surface area contributed by atoms with Gasteiger partial charge in [-0.1, -0.05) is 18.5 Å². The molecule has 5 heteroatoms. The zero-order valence-corrected chi connectivity index (χ0v) is 13.7. The lowest BCUT2D eigenvalue weighted by Gasteiger charge is -2.17. The van der Waals surface area contributed by atoms with Gasteiger partial charge in [-0.05, 0) is 50.2 Å². The normalized spacial score (nSPS) is 15.4. The topological polar surface area (TPSA) is 33.7 Å². The van der Waals surface area contributed by atoms with Crippen molar-refractivity contribution in [1.29, 1.82) is 0 Å². The highest BCUT2D eigenvalue weighted by atomic mass is 35.5. The number of nitrogens with one attached hydrogen (secondary N) is 1. The standard InChI is InChI=1S/C16H25ClN2O2/c1-3-18-12-13-10-14(17)16(15(11-13)20-2)21-9-8-19-6-4-5-7-19/h10-11,18H,3-9,12H2,1-2H3. The van der Waals surface area contributed by atoms with Crippen molar-refractivity contribution in [3.8, 4) is 11.5 Å². The SMILES string of the molecule is CCNCc1cc(Cl)c(OCCN2CCCC2)c(OC)c1. The van der Waals surface area contributed by atoms with Crippen LogP contribution >= 0.6 is 11.6 Å². The van der Waals surface area contributed by atoms with Crippen molar-refractivity contribution in [2.24, 2.45) is 0 Å². The second-order valence-electron chi connectivity index (χ2n) is 5.29. The molecular formula is C16H25ClN2O2. The Morgan fingerprint density at radius 3 is 2.71 bits per heavy atom. The van der Waals surface area contributed by atoms with Crippen LogP contribution < -0.4 is 14.8 Å². The molecule has 1 aliphatic heterocycles. The molecule has 0 unspecified atom stereocenters. The van der Waals surface area contributed by atoms with Gasteiger partial charge in [-0.15, -0.1) is 0 Å². The molecule has 1 saturated heterocycles. The number of likely N-dealkylation sites (tertiary alicyclic amines) is 1. The maximum atomic E-state index is 6.34. The molecule has 1 heterocycles. The number of nitrogens with zero attached hydrogens (tertiary/aromatic N) is 1. The van der Waals surface area contributed by atoms with Gasteiger partial charge in [-0.25, -0.2) is 0 Å². The minimum Gasteiger partial charge on any atom is -0.493 e. The molecular weight excluding hydrogens is 288 g/mol. The molecule has 0 aliphatic carbocycles. The van der Waals surface area contributed by atoms with E-state index in [1.165, 1.54) is 25.9 Å². The van der Waals surface area contributed by atoms with Gasteiger partial charge in [0.2, 0.25) is 0 Å². The second-order valence-corrected chi connectivity index (χ2v) is 5.69. The lowest BCUT2D eigenvalue weighted by molar-refractivity contribution is 0.230. The Balaban J connectivity index is 1.96. The molecule has 0 aromatic heterocycles. The average Bonchev–Trinajstić information content (AvgIpc) is 3.00. The van der Waals surface area contributed by atoms with Crippen LogP contribution in [0.1, 0.15) is 25.3 Å². The van der Waals surface area contributed by atoms with Crippen LogP contribution in [-0.4, -0.2) is 44.8 Å². The minimum atomic E-state index is 0.615. The summed E-state index contributed by atoms with van der Waals surface area (Å²) < 4.78 is 11.3. The highest BCUT2D eigenvalue weighted by Crippen LogP contribution is 2.36. The monoisotopic (exact) mass is 312 g/mol. The zero-order chi connectivity index (χ0) is 15.1. The maximum absolute atomic E-state index is 6.34. The summed E-state index contributed by atoms with van der Waals surface area (Å²) in [6.07, 6.45) is 2.59. The predicted octanol–water partition coefficient (Wildman–Crippen LogP) is 2.93. The van der Waals surface area contributed by atoms with Crippen molar-refractivity contribution < 1.29 is 9.47 Å². The number of halogens is 1. The molecule has 0 bridgehead atoms. The fourth-order valence-corrected chi connectivity index (χ4v) is 2.86. The van der Waals surface area contributed by atoms with Gasteiger partial charge in [0.15, 0.2) is 11.5 Å². The van der Waals surface area contributed by atoms with E-state index in [2.05, 4.69) is 17.1 Å². The van der Waals surface area contributed by atoms with E-state index in [-0.39, 0.29) is 0 Å². The Labute approximate surface area is 132 Å². The van der Waals surface area contributed by atoms with Gasteiger partial charge in [-0.2, -0.15) is 0 Å². The van der Waals surface area contributed by atoms with Crippen LogP contribution in [0.25, 0.3) is 0 Å². The first-order valence-corrected chi connectivity index (χ1v) is 8.04. The van der Waals surface area contributed by atoms with Crippen LogP contribution in [0.15, 0.2) is 12.1 Å². The van der Waals surface area contributed by atoms with Crippen LogP contribution in [0.4, 0.5) is 0 Å². The molecule has 1 aromatic rings. The van der Waals surface area contributed by atoms with E-state index in [1.807, 2.05) is 12.1 Å². The lowest BCUT2D eigenvalue weighted by atomic mass is 10.2. The van der Waals surface area contributed by atoms with Crippen molar-refractivity contribution in [2.45, 2.75) is 26.3 Å². The summed E-state index contributed by atoms with van der Waals surface area (Å²) in [6, 6.07) is 3.93. The van der Waals surface area contributed by atoms with E-state index in [0.717, 1.165) is 25.2 Å². The quantitative estimate of drug-likeness (QED) is 0.800. The summed E-state index contributed by atoms with van der Waals surface area (Å²) in [5.74, 6) is 1.36. The smallest absolute Gasteiger partial charge is 0.179 e. The predicted molar refractivity (Wildman–Crippen MR) is 86.6 cm³/mol. The highest BCUT2D eigenvalue weighted by molar-refractivity contribution is 6.32. The molecule has 0 saturated carbocycles. The Morgan fingerprint density at radius 2 is 2.05 bits per heavy atom. The molecule has 0 spiro atoms. The van der Waals surface area contributed by atoms with Crippen molar-refractivity contribution in [3.05, 3.63) is 22.7 Å². The van der Waals surface area contributed by atoms with Crippen LogP contribution in [0.2, 0.25) is 5.02 Å². The molecule has 4 nitrogen and oxygen atoms in total. The van der Waals surface area contributed by atoms with Crippen molar-refractivity contribution in [3.63, 3.8) is 0 Å². The van der Waals surface area contributed by atoms with E-state index in [4.69, 9.17) is 21.1 Å². The van der Waals surface area contributed by atoms with E-state index in [0.29, 0.717) is 23.1 Å². The van der Waals surface area contributed by atoms with Gasteiger partial charge in [0.05, 0.1) is 12.1 Å². The summed E-state index contributed by atoms with van der Waals surface area (Å²) >= 11 is 6.34. The molecule has 0 atom stereocenters. The van der Waals surface area contributed by atoms with Gasteiger partial charge in [0, 0.05) is 13.1 Å². The largest absolute Gasteiger partial charge is 0.493 e. The summed E-state index contributed by atoms with van der Waals surface area (Å²) in [5.41, 5.74) is 1.10. The van der Waals surface area contributed by atoms with Crippen molar-refractivity contribution in [1.82, 2.24) is 10.2 Å². The van der Waals surface area contributed by atoms with Crippen molar-refractivity contribution >= 4 is 11.6 Å². The summed E-state index contributed by atoms with van der Waals surface area (Å²) in [7, 11) is 1.65. The van der Waals surface area contributed by atoms with Gasteiger partial charge in [0.1, 0.15) is 6.61 Å². The number of hydrogen-bond donors (Lipinski definition) is 1. The Kier molecular flexibility index (Phi) is 6.61. The van der Waals surface area contributed by atoms with E-state index in [1.54, 1.807) is 7.11 Å². The first kappa shape index (κ1) is 16.4. The number of methoxy groups -OCH3 is 1. The Hall–Kier alpha value is -0.970. The average molecular weight is 313 g/mol. The van der Waals surface area contributed by atoms with E-state index >= 15 is 0 Å². The van der Waals surface area contributed by atoms with Crippen LogP contribution in [0, 0.1) is 0 Å². The van der Waals surface area contributed by atoms with Crippen LogP contribution in [0.3, 0.4) is 0 Å². The van der Waals surface area contributed by atoms with Gasteiger partial charge in [0.25, 0.3) is 0 Å². The summed E-state index contributed by atoms with van der Waals surface area (Å²) in [4.78, 5) is 2.42. The number of rotatable bonds is 8. The fourth-order valence-electron chi connectivity index (χ4n) is 2.57. The summed E-state index contributed by atoms with van der Waals surface area (Å²) in [6.45, 7) is 7.72. The molecule has 118 valence electrons. The third-order valence-corrected chi connectivity index (χ3v) is 4.00. The van der Waals surface area contributed by atoms with Crippen LogP contribution in [-0.2, 0) is 6.54 Å². The Morgan fingerprint density at radius 1 is 1.29 bits per heavy atom. The minimum absolute atomic E-state index is 0.615. The first-order valence-electron chi connectivity index (χ1n) is 7.67. The van der Waals surface area contributed by atoms with Gasteiger partial charge in [-0.3, -0.25) is 4.90 Å². The highest BCUT2D eigenvalue weighted by Gasteiger charge is 2.14. The molecule has 1 N–H and O–H groups in total. The third-order valence-electron chi connectivity index (χ3n) is 3.72. The molecule has 21 heavy (non-hydrogen) atoms. The third kappa shape index (κ3) is 4.77. The fraction of sp³-hybridized carbons (Fsp3) is 0.625. The zero-order valence-electron chi connectivity index (χ0n) is 13.0. The lowest BCUT2D eigenvalue weighted by Crippen LogP contribution is -2.25. The van der Waals surface area contributed by atoms with Gasteiger partial charge >= 0.3 is 0 Å². The maximum Gasteiger partial charge on any atom is 0.179 e. The Bertz CT molecular complexity index is 448. The van der Waals surface area contributed by atoms with Crippen molar-refractivity contribution in [2.75, 3.05) is 39.9 Å². The second kappa shape index (κ2) is 8.47.